The molecule has 5 heteroatoms. The van der Waals surface area contributed by atoms with Crippen LogP contribution in [-0.2, 0) is 9.53 Å². The van der Waals surface area contributed by atoms with E-state index in [-0.39, 0.29) is 12.0 Å². The summed E-state index contributed by atoms with van der Waals surface area (Å²) in [5.74, 6) is -0.241. The van der Waals surface area contributed by atoms with E-state index in [1.807, 2.05) is 28.8 Å². The smallest absolute Gasteiger partial charge is 0.305 e. The van der Waals surface area contributed by atoms with E-state index in [9.17, 15) is 4.79 Å². The van der Waals surface area contributed by atoms with Gasteiger partial charge in [-0.15, -0.1) is 0 Å². The molecule has 2 aromatic rings. The average Bonchev–Trinajstić information content (AvgIpc) is 2.79. The van der Waals surface area contributed by atoms with Crippen LogP contribution in [0, 0.1) is 0 Å². The molecule has 0 amide bonds. The van der Waals surface area contributed by atoms with Crippen molar-refractivity contribution in [3.63, 3.8) is 0 Å². The molecule has 0 aliphatic heterocycles. The highest BCUT2D eigenvalue weighted by molar-refractivity contribution is 5.69. The number of esters is 1. The van der Waals surface area contributed by atoms with Gasteiger partial charge in [-0.1, -0.05) is 6.07 Å². The fraction of sp³-hybridized carbons (Fsp3) is 0.333. The van der Waals surface area contributed by atoms with Crippen LogP contribution in [0.25, 0.3) is 5.65 Å². The fourth-order valence-electron chi connectivity index (χ4n) is 1.75. The number of aromatic nitrogens is 2. The van der Waals surface area contributed by atoms with Crippen LogP contribution in [-0.4, -0.2) is 22.5 Å². The van der Waals surface area contributed by atoms with E-state index in [1.54, 1.807) is 6.20 Å². The maximum Gasteiger partial charge on any atom is 0.305 e. The van der Waals surface area contributed by atoms with Crippen molar-refractivity contribution in [1.29, 1.82) is 0 Å². The van der Waals surface area contributed by atoms with Crippen molar-refractivity contribution >= 4 is 11.6 Å². The first-order valence-electron chi connectivity index (χ1n) is 5.46. The number of carbonyl (C=O) groups excluding carboxylic acids is 1. The van der Waals surface area contributed by atoms with Gasteiger partial charge in [-0.2, -0.15) is 0 Å². The highest BCUT2D eigenvalue weighted by atomic mass is 16.5. The largest absolute Gasteiger partial charge is 0.469 e. The number of fused-ring (bicyclic) bond motifs is 1. The van der Waals surface area contributed by atoms with Crippen LogP contribution < -0.4 is 5.73 Å². The third-order valence-electron chi connectivity index (χ3n) is 2.71. The van der Waals surface area contributed by atoms with Gasteiger partial charge in [0.2, 0.25) is 0 Å². The van der Waals surface area contributed by atoms with E-state index >= 15 is 0 Å². The summed E-state index contributed by atoms with van der Waals surface area (Å²) in [4.78, 5) is 15.3. The minimum absolute atomic E-state index is 0.216. The molecule has 0 radical (unpaired) electrons. The van der Waals surface area contributed by atoms with Gasteiger partial charge in [0, 0.05) is 18.7 Å². The number of ether oxygens (including phenoxy) is 1. The highest BCUT2D eigenvalue weighted by Gasteiger charge is 2.13. The summed E-state index contributed by atoms with van der Waals surface area (Å²) in [5.41, 5.74) is 7.80. The standard InChI is InChI=1S/C12H15N3O2/c1-17-12(16)6-5-9(13)10-8-14-11-4-2-3-7-15(10)11/h2-4,7-9H,5-6,13H2,1H3. The third-order valence-corrected chi connectivity index (χ3v) is 2.71. The Morgan fingerprint density at radius 3 is 3.18 bits per heavy atom. The van der Waals surface area contributed by atoms with Crippen LogP contribution >= 0.6 is 0 Å². The van der Waals surface area contributed by atoms with E-state index in [1.165, 1.54) is 7.11 Å². The molecular weight excluding hydrogens is 218 g/mol. The van der Waals surface area contributed by atoms with Crippen LogP contribution in [0.4, 0.5) is 0 Å². The van der Waals surface area contributed by atoms with E-state index < -0.39 is 0 Å². The van der Waals surface area contributed by atoms with Crippen molar-refractivity contribution in [1.82, 2.24) is 9.38 Å². The van der Waals surface area contributed by atoms with Crippen molar-refractivity contribution < 1.29 is 9.53 Å². The molecule has 2 rings (SSSR count). The maximum atomic E-state index is 11.0. The quantitative estimate of drug-likeness (QED) is 0.808. The van der Waals surface area contributed by atoms with Gasteiger partial charge in [0.1, 0.15) is 5.65 Å². The van der Waals surface area contributed by atoms with Crippen LogP contribution in [0.2, 0.25) is 0 Å². The third kappa shape index (κ3) is 2.45. The van der Waals surface area contributed by atoms with Gasteiger partial charge in [0.05, 0.1) is 19.0 Å². The van der Waals surface area contributed by atoms with Crippen molar-refractivity contribution in [2.75, 3.05) is 7.11 Å². The van der Waals surface area contributed by atoms with Crippen LogP contribution in [0.15, 0.2) is 30.6 Å². The minimum atomic E-state index is -0.241. The summed E-state index contributed by atoms with van der Waals surface area (Å²) in [6.07, 6.45) is 4.53. The number of nitrogens with two attached hydrogens (primary N) is 1. The molecule has 2 N–H and O–H groups in total. The fourth-order valence-corrected chi connectivity index (χ4v) is 1.75. The van der Waals surface area contributed by atoms with Gasteiger partial charge in [0.25, 0.3) is 0 Å². The zero-order valence-electron chi connectivity index (χ0n) is 9.67. The van der Waals surface area contributed by atoms with Gasteiger partial charge >= 0.3 is 5.97 Å². The van der Waals surface area contributed by atoms with Crippen LogP contribution in [0.3, 0.4) is 0 Å². The van der Waals surface area contributed by atoms with E-state index in [0.717, 1.165) is 11.3 Å². The molecule has 1 atom stereocenters. The van der Waals surface area contributed by atoms with Crippen molar-refractivity contribution in [3.8, 4) is 0 Å². The summed E-state index contributed by atoms with van der Waals surface area (Å²) >= 11 is 0. The zero-order valence-corrected chi connectivity index (χ0v) is 9.67. The Labute approximate surface area is 99.2 Å². The van der Waals surface area contributed by atoms with Gasteiger partial charge in [-0.25, -0.2) is 4.98 Å². The number of nitrogens with zero attached hydrogens (tertiary/aromatic N) is 2. The Morgan fingerprint density at radius 2 is 2.41 bits per heavy atom. The van der Waals surface area contributed by atoms with Crippen LogP contribution in [0.1, 0.15) is 24.6 Å². The van der Waals surface area contributed by atoms with Gasteiger partial charge in [0.15, 0.2) is 0 Å². The number of methoxy groups -OCH3 is 1. The Morgan fingerprint density at radius 1 is 1.59 bits per heavy atom. The Kier molecular flexibility index (Phi) is 3.39. The van der Waals surface area contributed by atoms with Crippen molar-refractivity contribution in [2.24, 2.45) is 5.73 Å². The summed E-state index contributed by atoms with van der Waals surface area (Å²) in [6.45, 7) is 0. The second-order valence-corrected chi connectivity index (χ2v) is 3.83. The number of hydrogen-bond acceptors (Lipinski definition) is 4. The normalized spacial score (nSPS) is 12.6. The lowest BCUT2D eigenvalue weighted by atomic mass is 10.1. The van der Waals surface area contributed by atoms with E-state index in [4.69, 9.17) is 5.73 Å². The second kappa shape index (κ2) is 4.97. The average molecular weight is 233 g/mol. The predicted octanol–water partition coefficient (Wildman–Crippen LogP) is 1.29. The second-order valence-electron chi connectivity index (χ2n) is 3.83. The Hall–Kier alpha value is -1.88. The first-order chi connectivity index (χ1) is 8.22. The number of imidazole rings is 1. The Bertz CT molecular complexity index is 521. The van der Waals surface area contributed by atoms with Crippen molar-refractivity contribution in [3.05, 3.63) is 36.3 Å². The topological polar surface area (TPSA) is 69.6 Å². The lowest BCUT2D eigenvalue weighted by Gasteiger charge is -2.10. The summed E-state index contributed by atoms with van der Waals surface area (Å²) in [5, 5.41) is 0. The van der Waals surface area contributed by atoms with Gasteiger partial charge in [-0.05, 0) is 18.6 Å². The van der Waals surface area contributed by atoms with Crippen molar-refractivity contribution in [2.45, 2.75) is 18.9 Å². The number of rotatable bonds is 4. The number of carbonyl (C=O) groups is 1. The molecule has 0 aliphatic carbocycles. The molecule has 0 saturated heterocycles. The zero-order chi connectivity index (χ0) is 12.3. The SMILES string of the molecule is COC(=O)CCC(N)c1cnc2ccccn12. The Balaban J connectivity index is 2.13. The first-order valence-corrected chi connectivity index (χ1v) is 5.46. The molecule has 5 nitrogen and oxygen atoms in total. The molecule has 0 bridgehead atoms. The monoisotopic (exact) mass is 233 g/mol. The molecule has 2 aromatic heterocycles. The molecule has 90 valence electrons. The highest BCUT2D eigenvalue weighted by Crippen LogP contribution is 2.17. The van der Waals surface area contributed by atoms with Gasteiger partial charge < -0.3 is 14.9 Å². The lowest BCUT2D eigenvalue weighted by Crippen LogP contribution is -2.14. The maximum absolute atomic E-state index is 11.0. The first kappa shape index (κ1) is 11.6. The molecule has 0 saturated carbocycles. The molecule has 2 heterocycles. The predicted molar refractivity (Wildman–Crippen MR) is 63.4 cm³/mol. The molecule has 1 unspecified atom stereocenters. The molecular formula is C12H15N3O2. The lowest BCUT2D eigenvalue weighted by molar-refractivity contribution is -0.140. The molecule has 0 aromatic carbocycles. The molecule has 0 aliphatic rings. The van der Waals surface area contributed by atoms with E-state index in [0.29, 0.717) is 12.8 Å². The summed E-state index contributed by atoms with van der Waals surface area (Å²) in [6, 6.07) is 5.54. The number of hydrogen-bond donors (Lipinski definition) is 1. The molecule has 17 heavy (non-hydrogen) atoms. The molecule has 0 spiro atoms. The summed E-state index contributed by atoms with van der Waals surface area (Å²) < 4.78 is 6.52. The summed E-state index contributed by atoms with van der Waals surface area (Å²) in [7, 11) is 1.38. The van der Waals surface area contributed by atoms with E-state index in [2.05, 4.69) is 9.72 Å². The number of pyridine rings is 1. The van der Waals surface area contributed by atoms with Gasteiger partial charge in [-0.3, -0.25) is 4.79 Å². The minimum Gasteiger partial charge on any atom is -0.469 e. The van der Waals surface area contributed by atoms with Crippen LogP contribution in [0.5, 0.6) is 0 Å². The molecule has 0 fully saturated rings.